The number of benzene rings is 2. The van der Waals surface area contributed by atoms with Crippen LogP contribution < -0.4 is 10.6 Å². The number of nitrogens with one attached hydrogen (secondary N) is 2. The Bertz CT molecular complexity index is 1230. The van der Waals surface area contributed by atoms with Crippen LogP contribution in [0.15, 0.2) is 36.7 Å². The average molecular weight is 757 g/mol. The molecule has 0 aliphatic heterocycles. The molecule has 0 bridgehead atoms. The van der Waals surface area contributed by atoms with Gasteiger partial charge in [-0.05, 0) is 62.4 Å². The predicted molar refractivity (Wildman–Crippen MR) is 146 cm³/mol. The predicted octanol–water partition coefficient (Wildman–Crippen LogP) is 5.94. The van der Waals surface area contributed by atoms with E-state index in [1.165, 1.54) is 56.8 Å². The van der Waals surface area contributed by atoms with Crippen LogP contribution >= 0.6 is 0 Å². The van der Waals surface area contributed by atoms with Crippen molar-refractivity contribution < 1.29 is 57.9 Å². The van der Waals surface area contributed by atoms with E-state index < -0.39 is 5.91 Å². The molecule has 2 radical (unpaired) electrons. The van der Waals surface area contributed by atoms with Crippen molar-refractivity contribution in [2.24, 2.45) is 5.92 Å². The van der Waals surface area contributed by atoms with Gasteiger partial charge in [0.15, 0.2) is 0 Å². The van der Waals surface area contributed by atoms with Gasteiger partial charge in [-0.25, -0.2) is 10.7 Å². The second-order valence-corrected chi connectivity index (χ2v) is 9.91. The zero-order valence-electron chi connectivity index (χ0n) is 22.5. The zero-order chi connectivity index (χ0) is 25.3. The monoisotopic (exact) mass is 757 g/mol. The molecule has 1 unspecified atom stereocenters. The molecule has 38 heavy (non-hydrogen) atoms. The molecule has 3 aromatic rings. The maximum atomic E-state index is 12.2. The van der Waals surface area contributed by atoms with E-state index in [9.17, 15) is 4.79 Å². The van der Waals surface area contributed by atoms with E-state index in [0.29, 0.717) is 34.9 Å². The number of fused-ring (bicyclic) bond motifs is 1. The van der Waals surface area contributed by atoms with Gasteiger partial charge in [0.2, 0.25) is 0 Å². The molecule has 1 aliphatic rings. The Morgan fingerprint density at radius 1 is 1.11 bits per heavy atom. The quantitative estimate of drug-likeness (QED) is 0.241. The maximum Gasteiger partial charge on any atom is 0.296 e. The zero-order valence-corrected chi connectivity index (χ0v) is 28.0. The Balaban J connectivity index is 0.00000253. The Kier molecular flexibility index (Phi) is 14.1. The van der Waals surface area contributed by atoms with Crippen LogP contribution in [-0.4, -0.2) is 41.4 Å². The van der Waals surface area contributed by atoms with Crippen LogP contribution in [-0.2, 0) is 57.9 Å². The van der Waals surface area contributed by atoms with E-state index in [2.05, 4.69) is 75.8 Å². The minimum Gasteiger partial charge on any atom is -0.367 e. The molecule has 198 valence electrons. The molecule has 1 heterocycles. The Labute approximate surface area is 266 Å². The summed E-state index contributed by atoms with van der Waals surface area (Å²) in [6, 6.07) is 16.6. The van der Waals surface area contributed by atoms with Gasteiger partial charge in [0.25, 0.3) is 5.91 Å². The minimum absolute atomic E-state index is 0. The van der Waals surface area contributed by atoms with Crippen LogP contribution in [0.25, 0.3) is 10.9 Å². The fourth-order valence-electron chi connectivity index (χ4n) is 4.78. The molecule has 1 aromatic heterocycles. The first-order chi connectivity index (χ1) is 17.5. The summed E-state index contributed by atoms with van der Waals surface area (Å²) in [6.07, 6.45) is 11.0. The van der Waals surface area contributed by atoms with Crippen molar-refractivity contribution >= 4 is 34.0 Å². The molecule has 2 aromatic carbocycles. The molecule has 4 rings (SSSR count). The first kappa shape index (κ1) is 32.5. The van der Waals surface area contributed by atoms with E-state index in [1.54, 1.807) is 6.07 Å². The van der Waals surface area contributed by atoms with E-state index in [0.717, 1.165) is 11.6 Å². The Morgan fingerprint density at radius 2 is 1.79 bits per heavy atom. The normalized spacial score (nSPS) is 14.6. The SMILES string of the molecule is CC(c1ccc(Nc2ncnc3c[c-]c(NC(=O)C#CCN(C)C)[c-]c23)cc1)C1CCCCCCC1.[Re].[Y]. The number of carbonyl (C=O) groups excluding carboxylic acids is 1. The molecule has 0 spiro atoms. The second kappa shape index (κ2) is 16.4. The van der Waals surface area contributed by atoms with Gasteiger partial charge in [0.05, 0.1) is 18.7 Å². The van der Waals surface area contributed by atoms with Gasteiger partial charge in [0, 0.05) is 58.8 Å². The van der Waals surface area contributed by atoms with Gasteiger partial charge in [-0.2, -0.15) is 10.9 Å². The summed E-state index contributed by atoms with van der Waals surface area (Å²) in [7, 11) is 3.80. The van der Waals surface area contributed by atoms with Crippen molar-refractivity contribution in [1.29, 1.82) is 0 Å². The average Bonchev–Trinajstić information content (AvgIpc) is 2.84. The summed E-state index contributed by atoms with van der Waals surface area (Å²) >= 11 is 0. The number of aromatic nitrogens is 2. The third-order valence-corrected chi connectivity index (χ3v) is 6.87. The fraction of sp³-hybridized carbons (Fsp3) is 0.433. The van der Waals surface area contributed by atoms with Gasteiger partial charge < -0.3 is 27.8 Å². The number of hydrogen-bond donors (Lipinski definition) is 2. The number of carbonyl (C=O) groups is 1. The summed E-state index contributed by atoms with van der Waals surface area (Å²) in [5, 5.41) is 6.81. The summed E-state index contributed by atoms with van der Waals surface area (Å²) in [5.41, 5.74) is 3.44. The number of amides is 1. The third-order valence-electron chi connectivity index (χ3n) is 6.87. The summed E-state index contributed by atoms with van der Waals surface area (Å²) < 4.78 is 0. The van der Waals surface area contributed by atoms with Gasteiger partial charge in [-0.15, -0.1) is 0 Å². The van der Waals surface area contributed by atoms with E-state index >= 15 is 0 Å². The van der Waals surface area contributed by atoms with Crippen LogP contribution in [0.4, 0.5) is 17.2 Å². The van der Waals surface area contributed by atoms with Gasteiger partial charge >= 0.3 is 0 Å². The van der Waals surface area contributed by atoms with Gasteiger partial charge in [-0.3, -0.25) is 15.8 Å². The fourth-order valence-corrected chi connectivity index (χ4v) is 4.78. The number of rotatable bonds is 6. The van der Waals surface area contributed by atoms with Crippen molar-refractivity contribution in [2.75, 3.05) is 31.3 Å². The van der Waals surface area contributed by atoms with Gasteiger partial charge in [-0.1, -0.05) is 57.1 Å². The second-order valence-electron chi connectivity index (χ2n) is 9.91. The smallest absolute Gasteiger partial charge is 0.296 e. The summed E-state index contributed by atoms with van der Waals surface area (Å²) in [5.74, 6) is 6.96. The Morgan fingerprint density at radius 3 is 2.47 bits per heavy atom. The Hall–Kier alpha value is -1.66. The molecular weight excluding hydrogens is 721 g/mol. The van der Waals surface area contributed by atoms with E-state index in [4.69, 9.17) is 0 Å². The third kappa shape index (κ3) is 9.51. The minimum atomic E-state index is -0.399. The summed E-state index contributed by atoms with van der Waals surface area (Å²) in [4.78, 5) is 22.8. The molecule has 1 amide bonds. The van der Waals surface area contributed by atoms with Crippen molar-refractivity contribution in [3.63, 3.8) is 0 Å². The molecule has 2 N–H and O–H groups in total. The first-order valence-corrected chi connectivity index (χ1v) is 12.9. The van der Waals surface area contributed by atoms with E-state index in [-0.39, 0.29) is 53.1 Å². The van der Waals surface area contributed by atoms with Crippen LogP contribution in [0, 0.1) is 29.9 Å². The molecule has 1 atom stereocenters. The topological polar surface area (TPSA) is 70.1 Å². The molecule has 6 nitrogen and oxygen atoms in total. The number of nitrogens with zero attached hydrogens (tertiary/aromatic N) is 3. The van der Waals surface area contributed by atoms with Gasteiger partial charge in [0.1, 0.15) is 0 Å². The van der Waals surface area contributed by atoms with Crippen LogP contribution in [0.1, 0.15) is 63.4 Å². The van der Waals surface area contributed by atoms with Crippen LogP contribution in [0.5, 0.6) is 0 Å². The molecular formula is C30H35N5OReY-2. The van der Waals surface area contributed by atoms with Crippen molar-refractivity contribution in [2.45, 2.75) is 57.8 Å². The number of anilines is 3. The van der Waals surface area contributed by atoms with E-state index in [1.807, 2.05) is 19.0 Å². The molecule has 0 saturated heterocycles. The van der Waals surface area contributed by atoms with Crippen molar-refractivity contribution in [3.05, 3.63) is 54.4 Å². The van der Waals surface area contributed by atoms with Crippen molar-refractivity contribution in [1.82, 2.24) is 14.9 Å². The van der Waals surface area contributed by atoms with Crippen LogP contribution in [0.2, 0.25) is 0 Å². The molecule has 1 fully saturated rings. The molecule has 1 aliphatic carbocycles. The van der Waals surface area contributed by atoms with Crippen molar-refractivity contribution in [3.8, 4) is 11.8 Å². The summed E-state index contributed by atoms with van der Waals surface area (Å²) in [6.45, 7) is 2.89. The first-order valence-electron chi connectivity index (χ1n) is 12.9. The van der Waals surface area contributed by atoms with Crippen LogP contribution in [0.3, 0.4) is 0 Å². The molecule has 1 saturated carbocycles. The standard InChI is InChI=1S/C30H35N5O.Re.Y/c1-22(23-10-7-5-4-6-8-11-23)24-13-15-25(16-14-24)34-30-27-20-26(17-18-28(27)31-21-32-30)33-29(36)12-9-19-35(2)3;;/h13-16,18,21-23H,4-8,10-11,19H2,1-3H3,(H,33,36)(H,31,32,34);;/q-2;;. The largest absolute Gasteiger partial charge is 0.367 e. The number of hydrogen-bond acceptors (Lipinski definition) is 5. The maximum absolute atomic E-state index is 12.2. The molecule has 8 heteroatoms.